The van der Waals surface area contributed by atoms with Gasteiger partial charge in [-0.25, -0.2) is 0 Å². The average Bonchev–Trinajstić information content (AvgIpc) is 2.49. The molecule has 0 fully saturated rings. The first-order valence-corrected chi connectivity index (χ1v) is 8.74. The zero-order chi connectivity index (χ0) is 16.2. The molecule has 0 aliphatic carbocycles. The summed E-state index contributed by atoms with van der Waals surface area (Å²) in [6.45, 7) is 3.83. The lowest BCUT2D eigenvalue weighted by Crippen LogP contribution is -2.32. The van der Waals surface area contributed by atoms with E-state index >= 15 is 0 Å². The molecule has 0 aliphatic rings. The number of aliphatic hydroxyl groups excluding tert-OH is 1. The number of rotatable bonds is 12. The number of benzene rings is 1. The van der Waals surface area contributed by atoms with Crippen LogP contribution in [-0.4, -0.2) is 48.3 Å². The van der Waals surface area contributed by atoms with E-state index in [9.17, 15) is 9.90 Å². The van der Waals surface area contributed by atoms with Gasteiger partial charge in [-0.1, -0.05) is 19.1 Å². The number of primary amides is 1. The van der Waals surface area contributed by atoms with E-state index < -0.39 is 6.10 Å². The molecule has 0 radical (unpaired) electrons. The normalized spacial score (nSPS) is 12.1. The first kappa shape index (κ1) is 18.8. The predicted octanol–water partition coefficient (Wildman–Crippen LogP) is 1.19. The third-order valence-electron chi connectivity index (χ3n) is 2.97. The molecule has 22 heavy (non-hydrogen) atoms. The standard InChI is InChI=1S/C16H26N2O3S/c1-2-22-9-3-8-18-11-14(19)12-21-15-6-4-13(5-7-15)10-16(17)20/h4-7,14,18-19H,2-3,8-12H2,1H3,(H2,17,20)/t14-/m1/s1. The smallest absolute Gasteiger partial charge is 0.221 e. The molecule has 1 aromatic rings. The fourth-order valence-electron chi connectivity index (χ4n) is 1.87. The summed E-state index contributed by atoms with van der Waals surface area (Å²) in [7, 11) is 0. The Balaban J connectivity index is 2.15. The van der Waals surface area contributed by atoms with Crippen molar-refractivity contribution in [1.82, 2.24) is 5.32 Å². The maximum absolute atomic E-state index is 10.8. The number of ether oxygens (including phenoxy) is 1. The van der Waals surface area contributed by atoms with Gasteiger partial charge in [0.05, 0.1) is 6.42 Å². The second-order valence-electron chi connectivity index (χ2n) is 5.01. The molecule has 0 bridgehead atoms. The summed E-state index contributed by atoms with van der Waals surface area (Å²) in [5.74, 6) is 2.61. The van der Waals surface area contributed by atoms with Crippen molar-refractivity contribution in [3.05, 3.63) is 29.8 Å². The summed E-state index contributed by atoms with van der Waals surface area (Å²) >= 11 is 1.92. The first-order chi connectivity index (χ1) is 10.6. The highest BCUT2D eigenvalue weighted by atomic mass is 32.2. The Morgan fingerprint density at radius 3 is 2.77 bits per heavy atom. The number of nitrogens with one attached hydrogen (secondary N) is 1. The Bertz CT molecular complexity index is 426. The molecule has 4 N–H and O–H groups in total. The Hall–Kier alpha value is -1.24. The molecule has 5 nitrogen and oxygen atoms in total. The van der Waals surface area contributed by atoms with E-state index in [1.807, 2.05) is 11.8 Å². The van der Waals surface area contributed by atoms with E-state index in [4.69, 9.17) is 10.5 Å². The molecular formula is C16H26N2O3S. The molecule has 6 heteroatoms. The Labute approximate surface area is 136 Å². The van der Waals surface area contributed by atoms with Crippen LogP contribution in [0.1, 0.15) is 18.9 Å². The van der Waals surface area contributed by atoms with Crippen LogP contribution in [-0.2, 0) is 11.2 Å². The van der Waals surface area contributed by atoms with Gasteiger partial charge >= 0.3 is 0 Å². The quantitative estimate of drug-likeness (QED) is 0.502. The molecule has 0 saturated heterocycles. The summed E-state index contributed by atoms with van der Waals surface area (Å²) in [6.07, 6.45) is 0.792. The summed E-state index contributed by atoms with van der Waals surface area (Å²) in [5, 5.41) is 13.0. The molecule has 1 rings (SSSR count). The van der Waals surface area contributed by atoms with Crippen molar-refractivity contribution in [2.24, 2.45) is 5.73 Å². The van der Waals surface area contributed by atoms with Crippen LogP contribution in [0, 0.1) is 0 Å². The second kappa shape index (κ2) is 11.3. The van der Waals surface area contributed by atoms with Crippen LogP contribution in [0.3, 0.4) is 0 Å². The zero-order valence-corrected chi connectivity index (χ0v) is 13.9. The topological polar surface area (TPSA) is 84.6 Å². The van der Waals surface area contributed by atoms with Gasteiger partial charge in [0.25, 0.3) is 0 Å². The van der Waals surface area contributed by atoms with E-state index in [-0.39, 0.29) is 18.9 Å². The second-order valence-corrected chi connectivity index (χ2v) is 6.40. The van der Waals surface area contributed by atoms with Gasteiger partial charge in [0.1, 0.15) is 18.5 Å². The number of hydrogen-bond donors (Lipinski definition) is 3. The lowest BCUT2D eigenvalue weighted by Gasteiger charge is -2.13. The van der Waals surface area contributed by atoms with Crippen molar-refractivity contribution in [2.75, 3.05) is 31.2 Å². The van der Waals surface area contributed by atoms with Crippen molar-refractivity contribution in [1.29, 1.82) is 0 Å². The maximum Gasteiger partial charge on any atom is 0.221 e. The van der Waals surface area contributed by atoms with Crippen molar-refractivity contribution >= 4 is 17.7 Å². The molecule has 0 saturated carbocycles. The first-order valence-electron chi connectivity index (χ1n) is 7.58. The Morgan fingerprint density at radius 2 is 2.14 bits per heavy atom. The zero-order valence-electron chi connectivity index (χ0n) is 13.1. The summed E-state index contributed by atoms with van der Waals surface area (Å²) in [6, 6.07) is 7.16. The van der Waals surface area contributed by atoms with Crippen LogP contribution < -0.4 is 15.8 Å². The van der Waals surface area contributed by atoms with Gasteiger partial charge in [-0.2, -0.15) is 11.8 Å². The minimum Gasteiger partial charge on any atom is -0.491 e. The lowest BCUT2D eigenvalue weighted by atomic mass is 10.1. The fraction of sp³-hybridized carbons (Fsp3) is 0.562. The van der Waals surface area contributed by atoms with Gasteiger partial charge in [-0.3, -0.25) is 4.79 Å². The molecule has 124 valence electrons. The average molecular weight is 326 g/mol. The van der Waals surface area contributed by atoms with E-state index in [1.165, 1.54) is 0 Å². The number of thioether (sulfide) groups is 1. The van der Waals surface area contributed by atoms with Crippen LogP contribution in [0.4, 0.5) is 0 Å². The van der Waals surface area contributed by atoms with Crippen molar-refractivity contribution in [2.45, 2.75) is 25.9 Å². The van der Waals surface area contributed by atoms with Gasteiger partial charge in [-0.15, -0.1) is 0 Å². The number of aliphatic hydroxyl groups is 1. The molecular weight excluding hydrogens is 300 g/mol. The number of amides is 1. The van der Waals surface area contributed by atoms with E-state index in [1.54, 1.807) is 24.3 Å². The summed E-state index contributed by atoms with van der Waals surface area (Å²) < 4.78 is 5.51. The SMILES string of the molecule is CCSCCCNC[C@@H](O)COc1ccc(CC(N)=O)cc1. The summed E-state index contributed by atoms with van der Waals surface area (Å²) in [5.41, 5.74) is 5.99. The van der Waals surface area contributed by atoms with Crippen LogP contribution in [0.15, 0.2) is 24.3 Å². The van der Waals surface area contributed by atoms with Gasteiger partial charge in [0, 0.05) is 6.54 Å². The molecule has 0 spiro atoms. The van der Waals surface area contributed by atoms with E-state index in [0.717, 1.165) is 30.0 Å². The predicted molar refractivity (Wildman–Crippen MR) is 91.3 cm³/mol. The molecule has 0 aromatic heterocycles. The van der Waals surface area contributed by atoms with Crippen molar-refractivity contribution in [3.63, 3.8) is 0 Å². The highest BCUT2D eigenvalue weighted by Crippen LogP contribution is 2.12. The molecule has 0 aliphatic heterocycles. The van der Waals surface area contributed by atoms with Gasteiger partial charge < -0.3 is 20.9 Å². The third-order valence-corrected chi connectivity index (χ3v) is 3.96. The minimum absolute atomic E-state index is 0.225. The van der Waals surface area contributed by atoms with Crippen molar-refractivity contribution in [3.8, 4) is 5.75 Å². The molecule has 1 atom stereocenters. The number of hydrogen-bond acceptors (Lipinski definition) is 5. The molecule has 0 heterocycles. The Kier molecular flexibility index (Phi) is 9.70. The number of nitrogens with two attached hydrogens (primary N) is 1. The number of carbonyl (C=O) groups is 1. The van der Waals surface area contributed by atoms with Crippen LogP contribution in [0.25, 0.3) is 0 Å². The third kappa shape index (κ3) is 8.92. The maximum atomic E-state index is 10.8. The van der Waals surface area contributed by atoms with E-state index in [0.29, 0.717) is 12.3 Å². The van der Waals surface area contributed by atoms with Crippen LogP contribution >= 0.6 is 11.8 Å². The fourth-order valence-corrected chi connectivity index (χ4v) is 2.51. The van der Waals surface area contributed by atoms with Gasteiger partial charge in [0.2, 0.25) is 5.91 Å². The largest absolute Gasteiger partial charge is 0.491 e. The van der Waals surface area contributed by atoms with Crippen LogP contribution in [0.2, 0.25) is 0 Å². The lowest BCUT2D eigenvalue weighted by molar-refractivity contribution is -0.117. The van der Waals surface area contributed by atoms with Crippen LogP contribution in [0.5, 0.6) is 5.75 Å². The highest BCUT2D eigenvalue weighted by molar-refractivity contribution is 7.99. The monoisotopic (exact) mass is 326 g/mol. The Morgan fingerprint density at radius 1 is 1.41 bits per heavy atom. The highest BCUT2D eigenvalue weighted by Gasteiger charge is 2.05. The van der Waals surface area contributed by atoms with Gasteiger partial charge in [-0.05, 0) is 42.2 Å². The molecule has 1 aromatic carbocycles. The molecule has 0 unspecified atom stereocenters. The van der Waals surface area contributed by atoms with Crippen molar-refractivity contribution < 1.29 is 14.6 Å². The summed E-state index contributed by atoms with van der Waals surface area (Å²) in [4.78, 5) is 10.8. The van der Waals surface area contributed by atoms with Gasteiger partial charge in [0.15, 0.2) is 0 Å². The number of carbonyl (C=O) groups excluding carboxylic acids is 1. The molecule has 1 amide bonds. The minimum atomic E-state index is -0.538. The van der Waals surface area contributed by atoms with E-state index in [2.05, 4.69) is 12.2 Å².